The van der Waals surface area contributed by atoms with E-state index in [0.717, 1.165) is 23.2 Å². The Balaban J connectivity index is 3.05. The first-order valence-electron chi connectivity index (χ1n) is 6.91. The minimum Gasteiger partial charge on any atom is -0.383 e. The topological polar surface area (TPSA) is 56.5 Å². The van der Waals surface area contributed by atoms with E-state index in [9.17, 15) is 9.59 Å². The van der Waals surface area contributed by atoms with Crippen molar-refractivity contribution in [3.8, 4) is 0 Å². The van der Waals surface area contributed by atoms with E-state index < -0.39 is 0 Å². The normalized spacial score (nSPS) is 12.9. The van der Waals surface area contributed by atoms with Gasteiger partial charge in [0, 0.05) is 52.1 Å². The van der Waals surface area contributed by atoms with Crippen LogP contribution in [-0.4, -0.2) is 40.3 Å². The van der Waals surface area contributed by atoms with Crippen LogP contribution in [0.1, 0.15) is 26.0 Å². The molecule has 0 fully saturated rings. The molecule has 0 radical (unpaired) electrons. The largest absolute Gasteiger partial charge is 0.383 e. The van der Waals surface area contributed by atoms with Crippen LogP contribution in [0.5, 0.6) is 0 Å². The molecule has 1 rings (SSSR count). The molecular weight excluding hydrogens is 258 g/mol. The second kappa shape index (κ2) is 7.40. The van der Waals surface area contributed by atoms with E-state index in [4.69, 9.17) is 4.74 Å². The van der Waals surface area contributed by atoms with Crippen molar-refractivity contribution in [3.05, 3.63) is 32.6 Å². The van der Waals surface area contributed by atoms with Crippen molar-refractivity contribution in [2.45, 2.75) is 32.9 Å². The Hall–Kier alpha value is -1.40. The Morgan fingerprint density at radius 2 is 1.95 bits per heavy atom. The monoisotopic (exact) mass is 283 g/mol. The Labute approximate surface area is 119 Å². The van der Waals surface area contributed by atoms with Crippen LogP contribution in [0.4, 0.5) is 0 Å². The summed E-state index contributed by atoms with van der Waals surface area (Å²) in [6.07, 6.45) is 1.00. The maximum atomic E-state index is 11.9. The summed E-state index contributed by atoms with van der Waals surface area (Å²) in [5.41, 5.74) is 0.178. The Bertz CT molecular complexity index is 548. The van der Waals surface area contributed by atoms with Crippen molar-refractivity contribution in [2.24, 2.45) is 14.1 Å². The number of methoxy groups -OCH3 is 1. The van der Waals surface area contributed by atoms with Crippen LogP contribution < -0.4 is 11.2 Å². The van der Waals surface area contributed by atoms with Crippen molar-refractivity contribution in [3.63, 3.8) is 0 Å². The fourth-order valence-corrected chi connectivity index (χ4v) is 2.06. The number of nitrogens with zero attached hydrogens (tertiary/aromatic N) is 3. The summed E-state index contributed by atoms with van der Waals surface area (Å²) in [6.45, 7) is 6.22. The van der Waals surface area contributed by atoms with E-state index in [2.05, 4.69) is 18.7 Å². The van der Waals surface area contributed by atoms with Gasteiger partial charge in [-0.2, -0.15) is 0 Å². The van der Waals surface area contributed by atoms with Gasteiger partial charge in [-0.05, 0) is 13.3 Å². The number of hydrogen-bond acceptors (Lipinski definition) is 4. The van der Waals surface area contributed by atoms with Gasteiger partial charge in [0.05, 0.1) is 6.61 Å². The summed E-state index contributed by atoms with van der Waals surface area (Å²) >= 11 is 0. The summed E-state index contributed by atoms with van der Waals surface area (Å²) < 4.78 is 7.77. The highest BCUT2D eigenvalue weighted by molar-refractivity contribution is 5.02. The molecule has 1 aromatic rings. The predicted molar refractivity (Wildman–Crippen MR) is 79.0 cm³/mol. The highest BCUT2D eigenvalue weighted by Gasteiger charge is 2.15. The quantitative estimate of drug-likeness (QED) is 0.724. The molecule has 0 aliphatic carbocycles. The van der Waals surface area contributed by atoms with Gasteiger partial charge >= 0.3 is 5.69 Å². The average molecular weight is 283 g/mol. The van der Waals surface area contributed by atoms with E-state index in [0.29, 0.717) is 19.2 Å². The Kier molecular flexibility index (Phi) is 6.16. The minimum atomic E-state index is -0.289. The molecule has 0 aliphatic heterocycles. The number of rotatable bonds is 7. The zero-order valence-electron chi connectivity index (χ0n) is 13.0. The van der Waals surface area contributed by atoms with Gasteiger partial charge < -0.3 is 4.74 Å². The lowest BCUT2D eigenvalue weighted by molar-refractivity contribution is 0.116. The van der Waals surface area contributed by atoms with E-state index in [-0.39, 0.29) is 11.2 Å². The first-order chi connectivity index (χ1) is 9.42. The number of hydrogen-bond donors (Lipinski definition) is 0. The van der Waals surface area contributed by atoms with E-state index in [1.54, 1.807) is 14.2 Å². The molecule has 6 heteroatoms. The lowest BCUT2D eigenvalue weighted by Crippen LogP contribution is -2.41. The number of ether oxygens (including phenoxy) is 1. The van der Waals surface area contributed by atoms with E-state index >= 15 is 0 Å². The molecule has 1 heterocycles. The van der Waals surface area contributed by atoms with Crippen LogP contribution in [0.15, 0.2) is 15.7 Å². The first-order valence-corrected chi connectivity index (χ1v) is 6.91. The lowest BCUT2D eigenvalue weighted by atomic mass is 10.2. The third-order valence-corrected chi connectivity index (χ3v) is 3.79. The molecular formula is C14H25N3O3. The Morgan fingerprint density at radius 1 is 1.30 bits per heavy atom. The standard InChI is InChI=1S/C14H25N3O3/c1-6-11(2)17(7-8-20-5)10-12-9-13(18)16(4)14(19)15(12)3/h9,11H,6-8,10H2,1-5H3. The molecule has 20 heavy (non-hydrogen) atoms. The summed E-state index contributed by atoms with van der Waals surface area (Å²) in [5, 5.41) is 0. The highest BCUT2D eigenvalue weighted by Crippen LogP contribution is 2.08. The fourth-order valence-electron chi connectivity index (χ4n) is 2.06. The average Bonchev–Trinajstić information content (AvgIpc) is 2.45. The van der Waals surface area contributed by atoms with Gasteiger partial charge in [0.25, 0.3) is 5.56 Å². The SMILES string of the molecule is CCC(C)N(CCOC)Cc1cc(=O)n(C)c(=O)n1C. The molecule has 1 unspecified atom stereocenters. The van der Waals surface area contributed by atoms with Crippen LogP contribution in [0, 0.1) is 0 Å². The molecule has 0 aliphatic rings. The highest BCUT2D eigenvalue weighted by atomic mass is 16.5. The van der Waals surface area contributed by atoms with Gasteiger partial charge in [-0.1, -0.05) is 6.92 Å². The summed E-state index contributed by atoms with van der Waals surface area (Å²) in [4.78, 5) is 25.9. The molecule has 0 amide bonds. The third-order valence-electron chi connectivity index (χ3n) is 3.79. The van der Waals surface area contributed by atoms with Gasteiger partial charge in [-0.15, -0.1) is 0 Å². The minimum absolute atomic E-state index is 0.265. The van der Waals surface area contributed by atoms with Crippen LogP contribution in [0.25, 0.3) is 0 Å². The van der Waals surface area contributed by atoms with Crippen molar-refractivity contribution < 1.29 is 4.74 Å². The smallest absolute Gasteiger partial charge is 0.330 e. The maximum absolute atomic E-state index is 11.9. The maximum Gasteiger partial charge on any atom is 0.330 e. The zero-order valence-corrected chi connectivity index (χ0v) is 13.0. The van der Waals surface area contributed by atoms with Crippen LogP contribution >= 0.6 is 0 Å². The van der Waals surface area contributed by atoms with Crippen molar-refractivity contribution in [1.29, 1.82) is 0 Å². The van der Waals surface area contributed by atoms with Crippen LogP contribution in [0.2, 0.25) is 0 Å². The summed E-state index contributed by atoms with van der Waals surface area (Å²) in [6, 6.07) is 1.90. The van der Waals surface area contributed by atoms with Crippen molar-refractivity contribution >= 4 is 0 Å². The summed E-state index contributed by atoms with van der Waals surface area (Å²) in [7, 11) is 4.86. The van der Waals surface area contributed by atoms with Crippen LogP contribution in [0.3, 0.4) is 0 Å². The molecule has 0 bridgehead atoms. The molecule has 0 saturated heterocycles. The summed E-state index contributed by atoms with van der Waals surface area (Å²) in [5.74, 6) is 0. The molecule has 1 atom stereocenters. The molecule has 0 N–H and O–H groups in total. The fraction of sp³-hybridized carbons (Fsp3) is 0.714. The zero-order chi connectivity index (χ0) is 15.3. The molecule has 0 saturated carbocycles. The molecule has 0 spiro atoms. The van der Waals surface area contributed by atoms with E-state index in [1.165, 1.54) is 17.7 Å². The van der Waals surface area contributed by atoms with Crippen LogP contribution in [-0.2, 0) is 25.4 Å². The number of aromatic nitrogens is 2. The Morgan fingerprint density at radius 3 is 2.50 bits per heavy atom. The predicted octanol–water partition coefficient (Wildman–Crippen LogP) is 0.331. The van der Waals surface area contributed by atoms with Gasteiger partial charge in [0.2, 0.25) is 0 Å². The molecule has 1 aromatic heterocycles. The molecule has 0 aromatic carbocycles. The van der Waals surface area contributed by atoms with Gasteiger partial charge in [0.15, 0.2) is 0 Å². The molecule has 114 valence electrons. The molecule has 6 nitrogen and oxygen atoms in total. The second-order valence-corrected chi connectivity index (χ2v) is 5.10. The van der Waals surface area contributed by atoms with Gasteiger partial charge in [0.1, 0.15) is 0 Å². The second-order valence-electron chi connectivity index (χ2n) is 5.10. The van der Waals surface area contributed by atoms with Crippen molar-refractivity contribution in [1.82, 2.24) is 14.0 Å². The van der Waals surface area contributed by atoms with Gasteiger partial charge in [-0.25, -0.2) is 4.79 Å². The lowest BCUT2D eigenvalue weighted by Gasteiger charge is -2.28. The van der Waals surface area contributed by atoms with Gasteiger partial charge in [-0.3, -0.25) is 18.8 Å². The third kappa shape index (κ3) is 3.80. The van der Waals surface area contributed by atoms with E-state index in [1.807, 2.05) is 0 Å². The first kappa shape index (κ1) is 16.7. The van der Waals surface area contributed by atoms with Crippen molar-refractivity contribution in [2.75, 3.05) is 20.3 Å².